The lowest BCUT2D eigenvalue weighted by Gasteiger charge is -2.07. The van der Waals surface area contributed by atoms with Crippen LogP contribution in [-0.2, 0) is 11.3 Å². The summed E-state index contributed by atoms with van der Waals surface area (Å²) in [4.78, 5) is 10.9. The highest BCUT2D eigenvalue weighted by molar-refractivity contribution is 4.93. The molecule has 0 radical (unpaired) electrons. The van der Waals surface area contributed by atoms with Gasteiger partial charge in [0.1, 0.15) is 0 Å². The van der Waals surface area contributed by atoms with Crippen LogP contribution in [0.4, 0.5) is 0 Å². The SMILES string of the molecule is CCCCOCCNCCn1ccc(=O)cc1. The van der Waals surface area contributed by atoms with E-state index in [1.54, 1.807) is 12.1 Å². The summed E-state index contributed by atoms with van der Waals surface area (Å²) in [5.41, 5.74) is 0.0542. The van der Waals surface area contributed by atoms with Gasteiger partial charge in [0.25, 0.3) is 0 Å². The van der Waals surface area contributed by atoms with Gasteiger partial charge in [-0.15, -0.1) is 0 Å². The van der Waals surface area contributed by atoms with E-state index >= 15 is 0 Å². The Labute approximate surface area is 103 Å². The Balaban J connectivity index is 1.97. The summed E-state index contributed by atoms with van der Waals surface area (Å²) in [5, 5.41) is 3.30. The van der Waals surface area contributed by atoms with E-state index in [1.807, 2.05) is 17.0 Å². The molecule has 0 saturated heterocycles. The van der Waals surface area contributed by atoms with Gasteiger partial charge in [0.05, 0.1) is 6.61 Å². The fourth-order valence-corrected chi connectivity index (χ4v) is 1.42. The van der Waals surface area contributed by atoms with Crippen LogP contribution in [0.15, 0.2) is 29.3 Å². The number of nitrogens with one attached hydrogen (secondary N) is 1. The predicted molar refractivity (Wildman–Crippen MR) is 69.3 cm³/mol. The lowest BCUT2D eigenvalue weighted by Crippen LogP contribution is -2.24. The highest BCUT2D eigenvalue weighted by Crippen LogP contribution is 1.87. The molecule has 1 heterocycles. The summed E-state index contributed by atoms with van der Waals surface area (Å²) in [6, 6.07) is 3.15. The summed E-state index contributed by atoms with van der Waals surface area (Å²) in [6.45, 7) is 6.42. The van der Waals surface area contributed by atoms with E-state index in [-0.39, 0.29) is 5.43 Å². The van der Waals surface area contributed by atoms with Crippen molar-refractivity contribution in [2.24, 2.45) is 0 Å². The van der Waals surface area contributed by atoms with Crippen LogP contribution in [-0.4, -0.2) is 30.9 Å². The predicted octanol–water partition coefficient (Wildman–Crippen LogP) is 1.25. The minimum atomic E-state index is 0.0542. The number of hydrogen-bond donors (Lipinski definition) is 1. The third kappa shape index (κ3) is 6.92. The molecule has 0 spiro atoms. The number of pyridine rings is 1. The minimum Gasteiger partial charge on any atom is -0.380 e. The van der Waals surface area contributed by atoms with Gasteiger partial charge in [-0.1, -0.05) is 13.3 Å². The Morgan fingerprint density at radius 2 is 2.00 bits per heavy atom. The molecule has 1 aromatic heterocycles. The Kier molecular flexibility index (Phi) is 7.34. The van der Waals surface area contributed by atoms with Gasteiger partial charge in [-0.3, -0.25) is 4.79 Å². The van der Waals surface area contributed by atoms with Crippen molar-refractivity contribution in [3.63, 3.8) is 0 Å². The number of hydrogen-bond acceptors (Lipinski definition) is 3. The number of rotatable bonds is 9. The van der Waals surface area contributed by atoms with Gasteiger partial charge in [0.15, 0.2) is 5.43 Å². The molecular formula is C13H22N2O2. The maximum atomic E-state index is 10.9. The molecule has 17 heavy (non-hydrogen) atoms. The van der Waals surface area contributed by atoms with Crippen molar-refractivity contribution in [3.8, 4) is 0 Å². The molecule has 0 bridgehead atoms. The highest BCUT2D eigenvalue weighted by Gasteiger charge is 1.91. The average molecular weight is 238 g/mol. The normalized spacial score (nSPS) is 10.6. The summed E-state index contributed by atoms with van der Waals surface area (Å²) >= 11 is 0. The lowest BCUT2D eigenvalue weighted by molar-refractivity contribution is 0.133. The molecule has 0 aliphatic heterocycles. The molecule has 0 aliphatic carbocycles. The Bertz CT molecular complexity index is 329. The third-order valence-electron chi connectivity index (χ3n) is 2.47. The first-order chi connectivity index (χ1) is 8.33. The second kappa shape index (κ2) is 8.96. The van der Waals surface area contributed by atoms with Crippen molar-refractivity contribution in [3.05, 3.63) is 34.7 Å². The van der Waals surface area contributed by atoms with Crippen LogP contribution in [0.5, 0.6) is 0 Å². The number of aromatic nitrogens is 1. The molecule has 0 saturated carbocycles. The van der Waals surface area contributed by atoms with E-state index in [4.69, 9.17) is 4.74 Å². The van der Waals surface area contributed by atoms with Crippen LogP contribution >= 0.6 is 0 Å². The van der Waals surface area contributed by atoms with Crippen LogP contribution in [0.1, 0.15) is 19.8 Å². The van der Waals surface area contributed by atoms with Gasteiger partial charge < -0.3 is 14.6 Å². The quantitative estimate of drug-likeness (QED) is 0.659. The molecule has 4 heteroatoms. The van der Waals surface area contributed by atoms with Crippen LogP contribution in [0.3, 0.4) is 0 Å². The molecule has 1 aromatic rings. The summed E-state index contributed by atoms with van der Waals surface area (Å²) in [5.74, 6) is 0. The van der Waals surface area contributed by atoms with E-state index in [9.17, 15) is 4.79 Å². The van der Waals surface area contributed by atoms with Crippen molar-refractivity contribution in [2.75, 3.05) is 26.3 Å². The summed E-state index contributed by atoms with van der Waals surface area (Å²) in [7, 11) is 0. The first kappa shape index (κ1) is 13.9. The minimum absolute atomic E-state index is 0.0542. The smallest absolute Gasteiger partial charge is 0.181 e. The maximum absolute atomic E-state index is 10.9. The van der Waals surface area contributed by atoms with Gasteiger partial charge >= 0.3 is 0 Å². The molecule has 1 rings (SSSR count). The molecule has 0 atom stereocenters. The molecule has 4 nitrogen and oxygen atoms in total. The van der Waals surface area contributed by atoms with Gasteiger partial charge in [0, 0.05) is 50.8 Å². The standard InChI is InChI=1S/C13H22N2O2/c1-2-3-11-17-12-7-14-6-10-15-8-4-13(16)5-9-15/h4-5,8-9,14H,2-3,6-7,10-12H2,1H3. The van der Waals surface area contributed by atoms with Gasteiger partial charge in [0.2, 0.25) is 0 Å². The van der Waals surface area contributed by atoms with E-state index in [0.29, 0.717) is 0 Å². The Morgan fingerprint density at radius 3 is 2.71 bits per heavy atom. The summed E-state index contributed by atoms with van der Waals surface area (Å²) in [6.07, 6.45) is 5.93. The van der Waals surface area contributed by atoms with Crippen molar-refractivity contribution < 1.29 is 4.74 Å². The van der Waals surface area contributed by atoms with Crippen molar-refractivity contribution >= 4 is 0 Å². The molecule has 0 aliphatic rings. The average Bonchev–Trinajstić information content (AvgIpc) is 2.35. The topological polar surface area (TPSA) is 43.3 Å². The fourth-order valence-electron chi connectivity index (χ4n) is 1.42. The van der Waals surface area contributed by atoms with Crippen molar-refractivity contribution in [1.29, 1.82) is 0 Å². The van der Waals surface area contributed by atoms with E-state index in [0.717, 1.165) is 39.3 Å². The molecule has 0 unspecified atom stereocenters. The van der Waals surface area contributed by atoms with E-state index in [1.165, 1.54) is 6.42 Å². The number of nitrogens with zero attached hydrogens (tertiary/aromatic N) is 1. The van der Waals surface area contributed by atoms with Crippen LogP contribution < -0.4 is 10.7 Å². The maximum Gasteiger partial charge on any atom is 0.181 e. The molecule has 0 amide bonds. The van der Waals surface area contributed by atoms with Crippen LogP contribution in [0, 0.1) is 0 Å². The lowest BCUT2D eigenvalue weighted by atomic mass is 10.4. The van der Waals surface area contributed by atoms with E-state index in [2.05, 4.69) is 12.2 Å². The molecular weight excluding hydrogens is 216 g/mol. The zero-order chi connectivity index (χ0) is 12.3. The fraction of sp³-hybridized carbons (Fsp3) is 0.615. The second-order valence-corrected chi connectivity index (χ2v) is 3.99. The Morgan fingerprint density at radius 1 is 1.24 bits per heavy atom. The van der Waals surface area contributed by atoms with Crippen molar-refractivity contribution in [1.82, 2.24) is 9.88 Å². The van der Waals surface area contributed by atoms with Gasteiger partial charge in [-0.2, -0.15) is 0 Å². The van der Waals surface area contributed by atoms with Crippen LogP contribution in [0.25, 0.3) is 0 Å². The largest absolute Gasteiger partial charge is 0.380 e. The molecule has 0 aromatic carbocycles. The van der Waals surface area contributed by atoms with E-state index < -0.39 is 0 Å². The van der Waals surface area contributed by atoms with Gasteiger partial charge in [-0.05, 0) is 6.42 Å². The third-order valence-corrected chi connectivity index (χ3v) is 2.47. The first-order valence-electron chi connectivity index (χ1n) is 6.27. The first-order valence-corrected chi connectivity index (χ1v) is 6.27. The Hall–Kier alpha value is -1.13. The number of ether oxygens (including phenoxy) is 1. The van der Waals surface area contributed by atoms with Gasteiger partial charge in [-0.25, -0.2) is 0 Å². The highest BCUT2D eigenvalue weighted by atomic mass is 16.5. The molecule has 96 valence electrons. The molecule has 1 N–H and O–H groups in total. The summed E-state index contributed by atoms with van der Waals surface area (Å²) < 4.78 is 7.42. The van der Waals surface area contributed by atoms with Crippen molar-refractivity contribution in [2.45, 2.75) is 26.3 Å². The zero-order valence-corrected chi connectivity index (χ0v) is 10.5. The monoisotopic (exact) mass is 238 g/mol. The second-order valence-electron chi connectivity index (χ2n) is 3.99. The van der Waals surface area contributed by atoms with Crippen LogP contribution in [0.2, 0.25) is 0 Å². The zero-order valence-electron chi connectivity index (χ0n) is 10.5. The number of unbranched alkanes of at least 4 members (excludes halogenated alkanes) is 1. The molecule has 0 fully saturated rings.